The van der Waals surface area contributed by atoms with Crippen molar-refractivity contribution in [3.63, 3.8) is 0 Å². The Bertz CT molecular complexity index is 544. The lowest BCUT2D eigenvalue weighted by molar-refractivity contribution is -0.120. The highest BCUT2D eigenvalue weighted by Gasteiger charge is 2.15. The molecule has 2 amide bonds. The van der Waals surface area contributed by atoms with Crippen LogP contribution in [0.2, 0.25) is 0 Å². The lowest BCUT2D eigenvalue weighted by atomic mass is 10.1. The number of nitrogens with zero attached hydrogens (tertiary/aromatic N) is 1. The van der Waals surface area contributed by atoms with E-state index < -0.39 is 0 Å². The summed E-state index contributed by atoms with van der Waals surface area (Å²) in [6.45, 7) is 0.603. The molecular formula is C15H19N3O2. The van der Waals surface area contributed by atoms with Crippen LogP contribution in [0.3, 0.4) is 0 Å². The van der Waals surface area contributed by atoms with Gasteiger partial charge >= 0.3 is 0 Å². The molecule has 0 aliphatic heterocycles. The predicted molar refractivity (Wildman–Crippen MR) is 78.0 cm³/mol. The fourth-order valence-corrected chi connectivity index (χ4v) is 1.63. The van der Waals surface area contributed by atoms with Crippen LogP contribution in [0.5, 0.6) is 0 Å². The minimum Gasteiger partial charge on any atom is -0.359 e. The molecule has 0 aliphatic rings. The minimum atomic E-state index is -0.157. The van der Waals surface area contributed by atoms with Gasteiger partial charge in [-0.3, -0.25) is 9.59 Å². The van der Waals surface area contributed by atoms with E-state index >= 15 is 0 Å². The van der Waals surface area contributed by atoms with Crippen LogP contribution in [-0.4, -0.2) is 43.9 Å². The normalized spacial score (nSPS) is 9.35. The number of hydrogen-bond donors (Lipinski definition) is 2. The van der Waals surface area contributed by atoms with E-state index in [2.05, 4.69) is 17.2 Å². The standard InChI is InChI=1S/C15H19N3O2/c1-17-14(19)9-11-18(2)15(20)13-8-4-3-6-12(13)7-5-10-16/h3-4,6,8H,9-11,16H2,1-2H3,(H,17,19). The van der Waals surface area contributed by atoms with Crippen LogP contribution in [0.1, 0.15) is 22.3 Å². The van der Waals surface area contributed by atoms with Crippen LogP contribution in [0.4, 0.5) is 0 Å². The highest BCUT2D eigenvalue weighted by molar-refractivity contribution is 5.96. The molecule has 20 heavy (non-hydrogen) atoms. The molecule has 0 aliphatic carbocycles. The number of amides is 2. The molecule has 0 radical (unpaired) electrons. The quantitative estimate of drug-likeness (QED) is 0.770. The summed E-state index contributed by atoms with van der Waals surface area (Å²) in [5.41, 5.74) is 6.51. The molecule has 0 heterocycles. The summed E-state index contributed by atoms with van der Waals surface area (Å²) < 4.78 is 0. The first kappa shape index (κ1) is 15.7. The number of hydrogen-bond acceptors (Lipinski definition) is 3. The molecule has 3 N–H and O–H groups in total. The van der Waals surface area contributed by atoms with Crippen molar-refractivity contribution in [2.24, 2.45) is 5.73 Å². The molecule has 0 unspecified atom stereocenters. The molecule has 1 rings (SSSR count). The Morgan fingerprint density at radius 2 is 2.05 bits per heavy atom. The predicted octanol–water partition coefficient (Wildman–Crippen LogP) is 0.205. The fraction of sp³-hybridized carbons (Fsp3) is 0.333. The van der Waals surface area contributed by atoms with Crippen molar-refractivity contribution in [2.45, 2.75) is 6.42 Å². The van der Waals surface area contributed by atoms with E-state index in [0.717, 1.165) is 0 Å². The van der Waals surface area contributed by atoms with E-state index in [1.807, 2.05) is 6.07 Å². The lowest BCUT2D eigenvalue weighted by Crippen LogP contribution is -2.31. The number of nitrogens with one attached hydrogen (secondary N) is 1. The topological polar surface area (TPSA) is 75.4 Å². The van der Waals surface area contributed by atoms with Gasteiger partial charge in [-0.05, 0) is 12.1 Å². The van der Waals surface area contributed by atoms with Crippen molar-refractivity contribution in [2.75, 3.05) is 27.2 Å². The molecule has 0 spiro atoms. The number of rotatable bonds is 4. The Hall–Kier alpha value is -2.32. The number of carbonyl (C=O) groups excluding carboxylic acids is 2. The van der Waals surface area contributed by atoms with Crippen LogP contribution in [0.15, 0.2) is 24.3 Å². The van der Waals surface area contributed by atoms with Gasteiger partial charge in [-0.2, -0.15) is 0 Å². The average molecular weight is 273 g/mol. The smallest absolute Gasteiger partial charge is 0.254 e. The number of benzene rings is 1. The van der Waals surface area contributed by atoms with Gasteiger partial charge in [0.1, 0.15) is 0 Å². The van der Waals surface area contributed by atoms with Crippen LogP contribution < -0.4 is 11.1 Å². The van der Waals surface area contributed by atoms with E-state index in [1.165, 1.54) is 4.90 Å². The Labute approximate surface area is 119 Å². The van der Waals surface area contributed by atoms with Crippen LogP contribution in [0, 0.1) is 11.8 Å². The molecule has 106 valence electrons. The molecular weight excluding hydrogens is 254 g/mol. The summed E-state index contributed by atoms with van der Waals surface area (Å²) in [7, 11) is 3.24. The van der Waals surface area contributed by atoms with Gasteiger partial charge in [-0.1, -0.05) is 24.0 Å². The molecule has 0 aromatic heterocycles. The van der Waals surface area contributed by atoms with E-state index in [-0.39, 0.29) is 24.8 Å². The molecule has 5 nitrogen and oxygen atoms in total. The second-order valence-corrected chi connectivity index (χ2v) is 4.20. The van der Waals surface area contributed by atoms with Crippen molar-refractivity contribution in [1.29, 1.82) is 0 Å². The molecule has 0 saturated heterocycles. The zero-order valence-corrected chi connectivity index (χ0v) is 11.8. The number of carbonyl (C=O) groups is 2. The van der Waals surface area contributed by atoms with Crippen molar-refractivity contribution < 1.29 is 9.59 Å². The Kier molecular flexibility index (Phi) is 6.27. The van der Waals surface area contributed by atoms with E-state index in [9.17, 15) is 9.59 Å². The van der Waals surface area contributed by atoms with E-state index in [0.29, 0.717) is 17.7 Å². The molecule has 0 fully saturated rings. The molecule has 0 saturated carbocycles. The molecule has 5 heteroatoms. The monoisotopic (exact) mass is 273 g/mol. The SMILES string of the molecule is CNC(=O)CCN(C)C(=O)c1ccccc1C#CCN. The summed E-state index contributed by atoms with van der Waals surface area (Å²) in [4.78, 5) is 25.0. The Morgan fingerprint density at radius 1 is 1.35 bits per heavy atom. The first-order valence-corrected chi connectivity index (χ1v) is 6.34. The Balaban J connectivity index is 2.83. The molecule has 1 aromatic carbocycles. The first-order chi connectivity index (χ1) is 9.60. The van der Waals surface area contributed by atoms with E-state index in [4.69, 9.17) is 5.73 Å². The Morgan fingerprint density at radius 3 is 2.70 bits per heavy atom. The van der Waals surface area contributed by atoms with Gasteiger partial charge in [0.2, 0.25) is 5.91 Å². The van der Waals surface area contributed by atoms with Crippen LogP contribution >= 0.6 is 0 Å². The van der Waals surface area contributed by atoms with Gasteiger partial charge in [0.05, 0.1) is 12.1 Å². The maximum absolute atomic E-state index is 12.3. The van der Waals surface area contributed by atoms with Crippen molar-refractivity contribution in [1.82, 2.24) is 10.2 Å². The fourth-order valence-electron chi connectivity index (χ4n) is 1.63. The maximum atomic E-state index is 12.3. The summed E-state index contributed by atoms with van der Waals surface area (Å²) in [5, 5.41) is 2.53. The highest BCUT2D eigenvalue weighted by atomic mass is 16.2. The second-order valence-electron chi connectivity index (χ2n) is 4.20. The molecule has 0 bridgehead atoms. The minimum absolute atomic E-state index is 0.0964. The van der Waals surface area contributed by atoms with Crippen molar-refractivity contribution >= 4 is 11.8 Å². The highest BCUT2D eigenvalue weighted by Crippen LogP contribution is 2.10. The second kappa shape index (κ2) is 7.97. The largest absolute Gasteiger partial charge is 0.359 e. The van der Waals surface area contributed by atoms with Gasteiger partial charge in [0.15, 0.2) is 0 Å². The van der Waals surface area contributed by atoms with Gasteiger partial charge < -0.3 is 16.0 Å². The summed E-state index contributed by atoms with van der Waals surface area (Å²) in [6, 6.07) is 7.11. The van der Waals surface area contributed by atoms with E-state index in [1.54, 1.807) is 32.3 Å². The summed E-state index contributed by atoms with van der Waals surface area (Å²) in [5.74, 6) is 5.37. The van der Waals surface area contributed by atoms with Crippen LogP contribution in [-0.2, 0) is 4.79 Å². The maximum Gasteiger partial charge on any atom is 0.254 e. The number of nitrogens with two attached hydrogens (primary N) is 1. The van der Waals surface area contributed by atoms with Gasteiger partial charge in [0.25, 0.3) is 5.91 Å². The third-order valence-electron chi connectivity index (χ3n) is 2.78. The lowest BCUT2D eigenvalue weighted by Gasteiger charge is -2.17. The van der Waals surface area contributed by atoms with Gasteiger partial charge in [-0.25, -0.2) is 0 Å². The van der Waals surface area contributed by atoms with Crippen molar-refractivity contribution in [3.05, 3.63) is 35.4 Å². The zero-order valence-electron chi connectivity index (χ0n) is 11.8. The third kappa shape index (κ3) is 4.41. The third-order valence-corrected chi connectivity index (χ3v) is 2.78. The van der Waals surface area contributed by atoms with Crippen molar-refractivity contribution in [3.8, 4) is 11.8 Å². The zero-order chi connectivity index (χ0) is 15.0. The van der Waals surface area contributed by atoms with Crippen LogP contribution in [0.25, 0.3) is 0 Å². The molecule has 1 aromatic rings. The molecule has 0 atom stereocenters. The summed E-state index contributed by atoms with van der Waals surface area (Å²) in [6.07, 6.45) is 0.273. The summed E-state index contributed by atoms with van der Waals surface area (Å²) >= 11 is 0. The van der Waals surface area contributed by atoms with Gasteiger partial charge in [-0.15, -0.1) is 0 Å². The van der Waals surface area contributed by atoms with Gasteiger partial charge in [0, 0.05) is 32.6 Å². The first-order valence-electron chi connectivity index (χ1n) is 6.34. The average Bonchev–Trinajstić information content (AvgIpc) is 2.49.